The molecule has 4 rings (SSSR count). The zero-order valence-corrected chi connectivity index (χ0v) is 14.9. The van der Waals surface area contributed by atoms with E-state index in [1.54, 1.807) is 6.07 Å². The fraction of sp³-hybridized carbons (Fsp3) is 0.222. The van der Waals surface area contributed by atoms with Gasteiger partial charge in [0.25, 0.3) is 0 Å². The summed E-state index contributed by atoms with van der Waals surface area (Å²) in [7, 11) is 0. The monoisotopic (exact) mass is 373 g/mol. The molecule has 0 aliphatic carbocycles. The summed E-state index contributed by atoms with van der Waals surface area (Å²) < 4.78 is 6.13. The van der Waals surface area contributed by atoms with Gasteiger partial charge in [0.2, 0.25) is 5.91 Å². The maximum Gasteiger partial charge on any atom is 0.236 e. The molecule has 7 heteroatoms. The summed E-state index contributed by atoms with van der Waals surface area (Å²) >= 11 is 11.4. The quantitative estimate of drug-likeness (QED) is 0.705. The van der Waals surface area contributed by atoms with Gasteiger partial charge in [0, 0.05) is 16.3 Å². The Morgan fingerprint density at radius 2 is 2.04 bits per heavy atom. The topological polar surface area (TPSA) is 62.4 Å². The van der Waals surface area contributed by atoms with Gasteiger partial charge in [-0.3, -0.25) is 4.79 Å². The van der Waals surface area contributed by atoms with Crippen molar-refractivity contribution in [3.63, 3.8) is 0 Å². The SMILES string of the molecule is CC12NC(=S)NC(c3cc(Cl)ccc3O1)C2C(=O)Nc1ccccc1. The second-order valence-electron chi connectivity index (χ2n) is 6.30. The van der Waals surface area contributed by atoms with Crippen LogP contribution in [0.5, 0.6) is 5.75 Å². The highest BCUT2D eigenvalue weighted by atomic mass is 35.5. The van der Waals surface area contributed by atoms with E-state index in [0.29, 0.717) is 15.9 Å². The first-order valence-corrected chi connectivity index (χ1v) is 8.68. The maximum atomic E-state index is 13.0. The van der Waals surface area contributed by atoms with Crippen molar-refractivity contribution >= 4 is 40.5 Å². The summed E-state index contributed by atoms with van der Waals surface area (Å²) in [6, 6.07) is 14.4. The van der Waals surface area contributed by atoms with Crippen molar-refractivity contribution in [3.05, 3.63) is 59.1 Å². The average molecular weight is 374 g/mol. The van der Waals surface area contributed by atoms with Crippen molar-refractivity contribution in [1.82, 2.24) is 10.6 Å². The fourth-order valence-corrected chi connectivity index (χ4v) is 3.97. The van der Waals surface area contributed by atoms with Crippen LogP contribution < -0.4 is 20.7 Å². The number of hydrogen-bond acceptors (Lipinski definition) is 3. The minimum atomic E-state index is -0.952. The van der Waals surface area contributed by atoms with E-state index in [4.69, 9.17) is 28.6 Å². The highest BCUT2D eigenvalue weighted by molar-refractivity contribution is 7.80. The summed E-state index contributed by atoms with van der Waals surface area (Å²) in [5.41, 5.74) is 0.600. The molecule has 5 nitrogen and oxygen atoms in total. The van der Waals surface area contributed by atoms with Gasteiger partial charge in [0.1, 0.15) is 11.7 Å². The van der Waals surface area contributed by atoms with E-state index in [9.17, 15) is 4.79 Å². The molecule has 1 fully saturated rings. The Labute approximate surface area is 155 Å². The lowest BCUT2D eigenvalue weighted by molar-refractivity contribution is -0.132. The van der Waals surface area contributed by atoms with Crippen molar-refractivity contribution in [2.24, 2.45) is 5.92 Å². The van der Waals surface area contributed by atoms with Crippen LogP contribution in [0.1, 0.15) is 18.5 Å². The molecule has 0 aromatic heterocycles. The standard InChI is InChI=1S/C18H16ClN3O2S/c1-18-14(16(23)20-11-5-3-2-4-6-11)15(21-17(25)22-18)12-9-10(19)7-8-13(12)24-18/h2-9,14-15H,1H3,(H,20,23)(H2,21,22,25). The molecule has 3 atom stereocenters. The van der Waals surface area contributed by atoms with Crippen molar-refractivity contribution in [2.45, 2.75) is 18.7 Å². The molecule has 2 aromatic carbocycles. The van der Waals surface area contributed by atoms with E-state index in [-0.39, 0.29) is 11.9 Å². The molecule has 3 N–H and O–H groups in total. The van der Waals surface area contributed by atoms with Gasteiger partial charge in [-0.1, -0.05) is 29.8 Å². The number of carbonyl (C=O) groups is 1. The maximum absolute atomic E-state index is 13.0. The molecular formula is C18H16ClN3O2S. The van der Waals surface area contributed by atoms with Gasteiger partial charge in [0.05, 0.1) is 6.04 Å². The molecule has 1 amide bonds. The summed E-state index contributed by atoms with van der Waals surface area (Å²) in [5, 5.41) is 10.3. The summed E-state index contributed by atoms with van der Waals surface area (Å²) in [4.78, 5) is 13.0. The van der Waals surface area contributed by atoms with E-state index in [1.165, 1.54) is 0 Å². The fourth-order valence-electron chi connectivity index (χ4n) is 3.45. The number of para-hydroxylation sites is 1. The zero-order valence-electron chi connectivity index (χ0n) is 13.4. The van der Waals surface area contributed by atoms with Crippen molar-refractivity contribution in [1.29, 1.82) is 0 Å². The van der Waals surface area contributed by atoms with Gasteiger partial charge in [-0.2, -0.15) is 0 Å². The Kier molecular flexibility index (Phi) is 3.81. The molecule has 2 bridgehead atoms. The zero-order chi connectivity index (χ0) is 17.6. The van der Waals surface area contributed by atoms with Gasteiger partial charge >= 0.3 is 0 Å². The van der Waals surface area contributed by atoms with Crippen LogP contribution >= 0.6 is 23.8 Å². The number of hydrogen-bond donors (Lipinski definition) is 3. The predicted molar refractivity (Wildman–Crippen MR) is 101 cm³/mol. The van der Waals surface area contributed by atoms with Gasteiger partial charge in [-0.05, 0) is 49.5 Å². The molecule has 0 radical (unpaired) electrons. The van der Waals surface area contributed by atoms with Gasteiger partial charge in [-0.25, -0.2) is 0 Å². The molecule has 0 spiro atoms. The highest BCUT2D eigenvalue weighted by Gasteiger charge is 2.54. The summed E-state index contributed by atoms with van der Waals surface area (Å²) in [5.74, 6) is -0.0136. The van der Waals surface area contributed by atoms with Crippen LogP contribution in [0.25, 0.3) is 0 Å². The number of fused-ring (bicyclic) bond motifs is 4. The number of amides is 1. The number of thiocarbonyl (C=S) groups is 1. The third kappa shape index (κ3) is 2.81. The first-order valence-electron chi connectivity index (χ1n) is 7.89. The minimum Gasteiger partial charge on any atom is -0.467 e. The normalized spacial score (nSPS) is 26.6. The smallest absolute Gasteiger partial charge is 0.236 e. The van der Waals surface area contributed by atoms with Crippen LogP contribution in [-0.4, -0.2) is 16.7 Å². The van der Waals surface area contributed by atoms with Gasteiger partial charge < -0.3 is 20.7 Å². The first kappa shape index (κ1) is 16.2. The van der Waals surface area contributed by atoms with Crippen molar-refractivity contribution in [3.8, 4) is 5.75 Å². The summed E-state index contributed by atoms with van der Waals surface area (Å²) in [6.07, 6.45) is 0. The number of anilines is 1. The summed E-state index contributed by atoms with van der Waals surface area (Å²) in [6.45, 7) is 1.83. The molecule has 3 unspecified atom stereocenters. The molecule has 2 heterocycles. The number of halogens is 1. The minimum absolute atomic E-state index is 0.160. The third-order valence-electron chi connectivity index (χ3n) is 4.53. The van der Waals surface area contributed by atoms with Gasteiger partial charge in [0.15, 0.2) is 10.8 Å². The van der Waals surface area contributed by atoms with Crippen molar-refractivity contribution < 1.29 is 9.53 Å². The van der Waals surface area contributed by atoms with E-state index < -0.39 is 11.6 Å². The number of carbonyl (C=O) groups excluding carboxylic acids is 1. The molecule has 2 aliphatic heterocycles. The Balaban J connectivity index is 1.74. The number of nitrogens with one attached hydrogen (secondary N) is 3. The largest absolute Gasteiger partial charge is 0.467 e. The Morgan fingerprint density at radius 1 is 1.28 bits per heavy atom. The predicted octanol–water partition coefficient (Wildman–Crippen LogP) is 3.22. The Hall–Kier alpha value is -2.31. The Bertz CT molecular complexity index is 861. The third-order valence-corrected chi connectivity index (χ3v) is 4.98. The lowest BCUT2D eigenvalue weighted by atomic mass is 9.80. The van der Waals surface area contributed by atoms with Crippen LogP contribution in [0, 0.1) is 5.92 Å². The van der Waals surface area contributed by atoms with Crippen LogP contribution in [0.4, 0.5) is 5.69 Å². The van der Waals surface area contributed by atoms with E-state index in [0.717, 1.165) is 11.3 Å². The highest BCUT2D eigenvalue weighted by Crippen LogP contribution is 2.45. The number of benzene rings is 2. The first-order chi connectivity index (χ1) is 12.0. The van der Waals surface area contributed by atoms with Crippen molar-refractivity contribution in [2.75, 3.05) is 5.32 Å². The molecule has 128 valence electrons. The van der Waals surface area contributed by atoms with Crippen LogP contribution in [0.2, 0.25) is 5.02 Å². The lowest BCUT2D eigenvalue weighted by Gasteiger charge is -2.50. The molecule has 0 saturated carbocycles. The molecule has 25 heavy (non-hydrogen) atoms. The van der Waals surface area contributed by atoms with Gasteiger partial charge in [-0.15, -0.1) is 0 Å². The van der Waals surface area contributed by atoms with E-state index in [2.05, 4.69) is 16.0 Å². The second kappa shape index (κ2) is 5.89. The molecule has 2 aromatic rings. The van der Waals surface area contributed by atoms with E-state index >= 15 is 0 Å². The van der Waals surface area contributed by atoms with Crippen LogP contribution in [-0.2, 0) is 4.79 Å². The molecule has 1 saturated heterocycles. The number of ether oxygens (including phenoxy) is 1. The second-order valence-corrected chi connectivity index (χ2v) is 7.15. The molecular weight excluding hydrogens is 358 g/mol. The average Bonchev–Trinajstić information content (AvgIpc) is 2.55. The van der Waals surface area contributed by atoms with E-state index in [1.807, 2.05) is 49.4 Å². The van der Waals surface area contributed by atoms with Crippen LogP contribution in [0.15, 0.2) is 48.5 Å². The lowest BCUT2D eigenvalue weighted by Crippen LogP contribution is -2.70. The molecule has 2 aliphatic rings. The number of rotatable bonds is 2. The Morgan fingerprint density at radius 3 is 2.80 bits per heavy atom. The van der Waals surface area contributed by atoms with Crippen LogP contribution in [0.3, 0.4) is 0 Å².